The van der Waals surface area contributed by atoms with Gasteiger partial charge in [-0.2, -0.15) is 0 Å². The Morgan fingerprint density at radius 2 is 1.88 bits per heavy atom. The molecule has 0 spiro atoms. The minimum atomic E-state index is -3.01. The van der Waals surface area contributed by atoms with Gasteiger partial charge in [0.2, 0.25) is 0 Å². The van der Waals surface area contributed by atoms with Gasteiger partial charge in [0.25, 0.3) is 0 Å². The topological polar surface area (TPSA) is 43.4 Å². The summed E-state index contributed by atoms with van der Waals surface area (Å²) in [4.78, 5) is 0. The minimum absolute atomic E-state index is 0.0721. The van der Waals surface area contributed by atoms with E-state index in [9.17, 15) is 8.42 Å². The summed E-state index contributed by atoms with van der Waals surface area (Å²) in [6, 6.07) is 7.72. The first-order valence-corrected chi connectivity index (χ1v) is 7.61. The molecule has 1 aromatic carbocycles. The van der Waals surface area contributed by atoms with Gasteiger partial charge in [0.15, 0.2) is 9.84 Å². The highest BCUT2D eigenvalue weighted by Crippen LogP contribution is 2.18. The summed E-state index contributed by atoms with van der Waals surface area (Å²) >= 11 is 0. The van der Waals surface area contributed by atoms with Gasteiger partial charge < -0.3 is 4.74 Å². The molecule has 0 amide bonds. The van der Waals surface area contributed by atoms with E-state index in [1.165, 1.54) is 0 Å². The SMILES string of the molecule is CCc1ccccc1OCCS(=O)(=O)C(C)C. The van der Waals surface area contributed by atoms with Crippen molar-refractivity contribution in [1.82, 2.24) is 0 Å². The van der Waals surface area contributed by atoms with Crippen molar-refractivity contribution in [3.8, 4) is 5.75 Å². The molecule has 17 heavy (non-hydrogen) atoms. The zero-order valence-electron chi connectivity index (χ0n) is 10.6. The second-order valence-corrected chi connectivity index (χ2v) is 6.90. The van der Waals surface area contributed by atoms with Crippen molar-refractivity contribution in [3.05, 3.63) is 29.8 Å². The summed E-state index contributed by atoms with van der Waals surface area (Å²) in [5.41, 5.74) is 1.11. The average Bonchev–Trinajstić information content (AvgIpc) is 2.29. The van der Waals surface area contributed by atoms with Crippen LogP contribution in [0.2, 0.25) is 0 Å². The second kappa shape index (κ2) is 6.05. The Labute approximate surface area is 104 Å². The Morgan fingerprint density at radius 3 is 2.47 bits per heavy atom. The average molecular weight is 256 g/mol. The van der Waals surface area contributed by atoms with E-state index >= 15 is 0 Å². The molecule has 0 aliphatic heterocycles. The second-order valence-electron chi connectivity index (χ2n) is 4.23. The lowest BCUT2D eigenvalue weighted by Gasteiger charge is -2.11. The van der Waals surface area contributed by atoms with Crippen LogP contribution in [-0.4, -0.2) is 26.0 Å². The number of aryl methyl sites for hydroxylation is 1. The predicted molar refractivity (Wildman–Crippen MR) is 70.2 cm³/mol. The molecular weight excluding hydrogens is 236 g/mol. The molecule has 96 valence electrons. The van der Waals surface area contributed by atoms with Crippen LogP contribution in [0.25, 0.3) is 0 Å². The Morgan fingerprint density at radius 1 is 1.24 bits per heavy atom. The molecule has 0 unspecified atom stereocenters. The van der Waals surface area contributed by atoms with E-state index in [0.717, 1.165) is 17.7 Å². The van der Waals surface area contributed by atoms with Gasteiger partial charge in [-0.05, 0) is 31.9 Å². The first-order chi connectivity index (χ1) is 7.97. The van der Waals surface area contributed by atoms with E-state index < -0.39 is 9.84 Å². The number of benzene rings is 1. The van der Waals surface area contributed by atoms with Crippen molar-refractivity contribution in [2.45, 2.75) is 32.4 Å². The smallest absolute Gasteiger partial charge is 0.155 e. The number of sulfone groups is 1. The fourth-order valence-corrected chi connectivity index (χ4v) is 2.23. The molecule has 0 saturated carbocycles. The van der Waals surface area contributed by atoms with Crippen molar-refractivity contribution < 1.29 is 13.2 Å². The van der Waals surface area contributed by atoms with E-state index in [1.807, 2.05) is 31.2 Å². The van der Waals surface area contributed by atoms with Gasteiger partial charge >= 0.3 is 0 Å². The van der Waals surface area contributed by atoms with E-state index in [4.69, 9.17) is 4.74 Å². The van der Waals surface area contributed by atoms with Crippen LogP contribution < -0.4 is 4.74 Å². The third kappa shape index (κ3) is 4.04. The maximum Gasteiger partial charge on any atom is 0.155 e. The number of rotatable bonds is 6. The first kappa shape index (κ1) is 14.0. The standard InChI is InChI=1S/C13H20O3S/c1-4-12-7-5-6-8-13(12)16-9-10-17(14,15)11(2)3/h5-8,11H,4,9-10H2,1-3H3. The Kier molecular flexibility index (Phi) is 5.00. The summed E-state index contributed by atoms with van der Waals surface area (Å²) in [5.74, 6) is 0.858. The van der Waals surface area contributed by atoms with Crippen molar-refractivity contribution >= 4 is 9.84 Å². The van der Waals surface area contributed by atoms with Crippen LogP contribution in [0.1, 0.15) is 26.3 Å². The van der Waals surface area contributed by atoms with Gasteiger partial charge in [0.1, 0.15) is 12.4 Å². The molecule has 4 heteroatoms. The molecule has 0 aliphatic rings. The van der Waals surface area contributed by atoms with E-state index in [-0.39, 0.29) is 17.6 Å². The quantitative estimate of drug-likeness (QED) is 0.785. The third-order valence-electron chi connectivity index (χ3n) is 2.70. The maximum absolute atomic E-state index is 11.6. The number of para-hydroxylation sites is 1. The molecule has 1 rings (SSSR count). The van der Waals surface area contributed by atoms with Crippen LogP contribution in [0, 0.1) is 0 Å². The lowest BCUT2D eigenvalue weighted by molar-refractivity contribution is 0.337. The maximum atomic E-state index is 11.6. The fraction of sp³-hybridized carbons (Fsp3) is 0.538. The van der Waals surface area contributed by atoms with Gasteiger partial charge in [0.05, 0.1) is 11.0 Å². The monoisotopic (exact) mass is 256 g/mol. The van der Waals surface area contributed by atoms with E-state index in [1.54, 1.807) is 13.8 Å². The van der Waals surface area contributed by atoms with Crippen LogP contribution in [-0.2, 0) is 16.3 Å². The molecule has 0 N–H and O–H groups in total. The third-order valence-corrected chi connectivity index (χ3v) is 4.87. The normalized spacial score (nSPS) is 11.8. The lowest BCUT2D eigenvalue weighted by Crippen LogP contribution is -2.22. The van der Waals surface area contributed by atoms with Crippen LogP contribution in [0.4, 0.5) is 0 Å². The summed E-state index contributed by atoms with van der Waals surface area (Å²) in [6.45, 7) is 5.65. The van der Waals surface area contributed by atoms with Crippen molar-refractivity contribution in [3.63, 3.8) is 0 Å². The summed E-state index contributed by atoms with van der Waals surface area (Å²) < 4.78 is 28.7. The molecule has 3 nitrogen and oxygen atoms in total. The molecular formula is C13H20O3S. The van der Waals surface area contributed by atoms with Gasteiger partial charge in [-0.25, -0.2) is 8.42 Å². The molecule has 0 heterocycles. The minimum Gasteiger partial charge on any atom is -0.492 e. The highest BCUT2D eigenvalue weighted by atomic mass is 32.2. The first-order valence-electron chi connectivity index (χ1n) is 5.89. The molecule has 0 bridgehead atoms. The number of hydrogen-bond acceptors (Lipinski definition) is 3. The Bertz CT molecular complexity index is 449. The van der Waals surface area contributed by atoms with Crippen LogP contribution in [0.15, 0.2) is 24.3 Å². The largest absolute Gasteiger partial charge is 0.492 e. The van der Waals surface area contributed by atoms with E-state index in [0.29, 0.717) is 0 Å². The Hall–Kier alpha value is -1.03. The summed E-state index contributed by atoms with van der Waals surface area (Å²) in [5, 5.41) is -0.340. The Balaban J connectivity index is 2.57. The van der Waals surface area contributed by atoms with Crippen molar-refractivity contribution in [2.75, 3.05) is 12.4 Å². The van der Waals surface area contributed by atoms with Gasteiger partial charge in [-0.3, -0.25) is 0 Å². The van der Waals surface area contributed by atoms with Gasteiger partial charge in [-0.1, -0.05) is 25.1 Å². The predicted octanol–water partition coefficient (Wildman–Crippen LogP) is 2.45. The molecule has 0 radical (unpaired) electrons. The highest BCUT2D eigenvalue weighted by molar-refractivity contribution is 7.91. The van der Waals surface area contributed by atoms with Gasteiger partial charge in [-0.15, -0.1) is 0 Å². The van der Waals surface area contributed by atoms with Crippen LogP contribution in [0.3, 0.4) is 0 Å². The van der Waals surface area contributed by atoms with E-state index in [2.05, 4.69) is 0 Å². The lowest BCUT2D eigenvalue weighted by atomic mass is 10.1. The summed E-state index contributed by atoms with van der Waals surface area (Å²) in [6.07, 6.45) is 0.882. The van der Waals surface area contributed by atoms with Crippen LogP contribution >= 0.6 is 0 Å². The fourth-order valence-electron chi connectivity index (χ4n) is 1.44. The molecule has 1 aromatic rings. The summed E-state index contributed by atoms with van der Waals surface area (Å²) in [7, 11) is -3.01. The van der Waals surface area contributed by atoms with Crippen molar-refractivity contribution in [2.24, 2.45) is 0 Å². The number of hydrogen-bond donors (Lipinski definition) is 0. The molecule has 0 aliphatic carbocycles. The van der Waals surface area contributed by atoms with Crippen molar-refractivity contribution in [1.29, 1.82) is 0 Å². The highest BCUT2D eigenvalue weighted by Gasteiger charge is 2.16. The molecule has 0 saturated heterocycles. The van der Waals surface area contributed by atoms with Gasteiger partial charge in [0, 0.05) is 0 Å². The molecule has 0 aromatic heterocycles. The zero-order valence-corrected chi connectivity index (χ0v) is 11.5. The molecule has 0 fully saturated rings. The number of ether oxygens (including phenoxy) is 1. The van der Waals surface area contributed by atoms with Crippen LogP contribution in [0.5, 0.6) is 5.75 Å². The zero-order chi connectivity index (χ0) is 12.9. The molecule has 0 atom stereocenters.